The Bertz CT molecular complexity index is 1020. The molecule has 0 heterocycles. The zero-order chi connectivity index (χ0) is 45.2. The monoisotopic (exact) mass is 872 g/mol. The van der Waals surface area contributed by atoms with Crippen LogP contribution in [0.4, 0.5) is 0 Å². The number of rotatable bonds is 49. The van der Waals surface area contributed by atoms with Crippen LogP contribution >= 0.6 is 0 Å². The number of nitrogens with one attached hydrogen (secondary N) is 1. The molecular formula is C56H105NO5. The summed E-state index contributed by atoms with van der Waals surface area (Å²) in [6.07, 6.45) is 59.2. The predicted octanol–water partition coefficient (Wildman–Crippen LogP) is 16.5. The number of ether oxygens (including phenoxy) is 1. The molecule has 1 amide bonds. The van der Waals surface area contributed by atoms with Gasteiger partial charge in [-0.3, -0.25) is 9.59 Å². The van der Waals surface area contributed by atoms with E-state index in [4.69, 9.17) is 4.74 Å². The summed E-state index contributed by atoms with van der Waals surface area (Å²) in [5.74, 6) is -0.477. The maximum absolute atomic E-state index is 13.2. The van der Waals surface area contributed by atoms with Crippen molar-refractivity contribution in [2.24, 2.45) is 0 Å². The number of hydrogen-bond donors (Lipinski definition) is 3. The van der Waals surface area contributed by atoms with E-state index in [9.17, 15) is 19.8 Å². The van der Waals surface area contributed by atoms with Crippen molar-refractivity contribution < 1.29 is 24.5 Å². The van der Waals surface area contributed by atoms with E-state index in [1.165, 1.54) is 167 Å². The van der Waals surface area contributed by atoms with Gasteiger partial charge in [0.15, 0.2) is 0 Å². The van der Waals surface area contributed by atoms with Gasteiger partial charge in [-0.05, 0) is 83.5 Å². The predicted molar refractivity (Wildman–Crippen MR) is 269 cm³/mol. The molecule has 0 aromatic heterocycles. The summed E-state index contributed by atoms with van der Waals surface area (Å²) in [6.45, 7) is 6.45. The third-order valence-electron chi connectivity index (χ3n) is 12.4. The molecule has 6 nitrogen and oxygen atoms in total. The summed E-state index contributed by atoms with van der Waals surface area (Å²) in [5, 5.41) is 23.7. The molecule has 0 aliphatic rings. The third kappa shape index (κ3) is 44.7. The van der Waals surface area contributed by atoms with Crippen molar-refractivity contribution in [3.8, 4) is 0 Å². The van der Waals surface area contributed by atoms with E-state index >= 15 is 0 Å². The summed E-state index contributed by atoms with van der Waals surface area (Å²) in [7, 11) is 0. The summed E-state index contributed by atoms with van der Waals surface area (Å²) in [4.78, 5) is 26.2. The average Bonchev–Trinajstić information content (AvgIpc) is 3.26. The lowest BCUT2D eigenvalue weighted by molar-refractivity contribution is -0.151. The molecule has 0 aromatic carbocycles. The largest absolute Gasteiger partial charge is 0.462 e. The fourth-order valence-corrected chi connectivity index (χ4v) is 8.28. The Balaban J connectivity index is 4.55. The number of carbonyl (C=O) groups is 2. The van der Waals surface area contributed by atoms with Crippen LogP contribution in [0.2, 0.25) is 0 Å². The molecule has 0 bridgehead atoms. The molecule has 3 N–H and O–H groups in total. The molecule has 0 aliphatic heterocycles. The fraction of sp³-hybridized carbons (Fsp3) is 0.857. The first-order valence-electron chi connectivity index (χ1n) is 27.2. The fourth-order valence-electron chi connectivity index (χ4n) is 8.28. The van der Waals surface area contributed by atoms with Crippen molar-refractivity contribution >= 4 is 11.9 Å². The van der Waals surface area contributed by atoms with Gasteiger partial charge >= 0.3 is 5.97 Å². The minimum absolute atomic E-state index is 0.0728. The molecule has 3 unspecified atom stereocenters. The van der Waals surface area contributed by atoms with Gasteiger partial charge in [-0.1, -0.05) is 224 Å². The number of unbranched alkanes of at least 4 members (excludes halogenated alkanes) is 31. The van der Waals surface area contributed by atoms with Crippen LogP contribution in [0.25, 0.3) is 0 Å². The molecule has 0 radical (unpaired) electrons. The summed E-state index contributed by atoms with van der Waals surface area (Å²) in [6, 6.07) is -0.702. The number of hydrogen-bond acceptors (Lipinski definition) is 5. The lowest BCUT2D eigenvalue weighted by atomic mass is 10.0. The van der Waals surface area contributed by atoms with Crippen LogP contribution < -0.4 is 5.32 Å². The second-order valence-electron chi connectivity index (χ2n) is 18.6. The smallest absolute Gasteiger partial charge is 0.306 e. The minimum Gasteiger partial charge on any atom is -0.462 e. The van der Waals surface area contributed by atoms with Crippen LogP contribution in [-0.4, -0.2) is 46.9 Å². The number of aliphatic hydroxyl groups excluding tert-OH is 2. The first kappa shape index (κ1) is 60.1. The molecule has 0 saturated carbocycles. The quantitative estimate of drug-likeness (QED) is 0.0321. The van der Waals surface area contributed by atoms with Gasteiger partial charge in [-0.25, -0.2) is 0 Å². The maximum atomic E-state index is 13.2. The molecule has 0 spiro atoms. The normalized spacial score (nSPS) is 13.4. The van der Waals surface area contributed by atoms with Crippen LogP contribution in [0, 0.1) is 0 Å². The Labute approximate surface area is 385 Å². The highest BCUT2D eigenvalue weighted by molar-refractivity contribution is 5.77. The minimum atomic E-state index is -0.788. The SMILES string of the molecule is CCCCC/C=C\C/C=C\CCCCCCCCCC(CC(=O)NC(CO)C(O)CCCCCCCCCCC)OC(=O)CCCCCCCCC/C=C/CCCCCCCC. The molecule has 0 rings (SSSR count). The second-order valence-corrected chi connectivity index (χ2v) is 18.6. The van der Waals surface area contributed by atoms with Gasteiger partial charge in [0, 0.05) is 6.42 Å². The van der Waals surface area contributed by atoms with Crippen molar-refractivity contribution in [3.05, 3.63) is 36.5 Å². The molecule has 0 fully saturated rings. The lowest BCUT2D eigenvalue weighted by Gasteiger charge is -2.24. The molecule has 6 heteroatoms. The van der Waals surface area contributed by atoms with E-state index in [-0.39, 0.29) is 24.9 Å². The Morgan fingerprint density at radius 1 is 0.468 bits per heavy atom. The number of esters is 1. The van der Waals surface area contributed by atoms with Crippen molar-refractivity contribution in [2.45, 2.75) is 302 Å². The first-order valence-corrected chi connectivity index (χ1v) is 27.2. The summed E-state index contributed by atoms with van der Waals surface area (Å²) in [5.41, 5.74) is 0. The zero-order valence-corrected chi connectivity index (χ0v) is 41.5. The molecule has 0 saturated heterocycles. The van der Waals surface area contributed by atoms with Crippen molar-refractivity contribution in [1.82, 2.24) is 5.32 Å². The second kappa shape index (κ2) is 50.1. The molecule has 0 aromatic rings. The number of amides is 1. The lowest BCUT2D eigenvalue weighted by Crippen LogP contribution is -2.46. The third-order valence-corrected chi connectivity index (χ3v) is 12.4. The van der Waals surface area contributed by atoms with Gasteiger partial charge in [0.1, 0.15) is 6.10 Å². The maximum Gasteiger partial charge on any atom is 0.306 e. The van der Waals surface area contributed by atoms with Crippen molar-refractivity contribution in [1.29, 1.82) is 0 Å². The van der Waals surface area contributed by atoms with Gasteiger partial charge in [0.25, 0.3) is 0 Å². The van der Waals surface area contributed by atoms with E-state index < -0.39 is 18.2 Å². The van der Waals surface area contributed by atoms with E-state index in [2.05, 4.69) is 62.5 Å². The molecule has 364 valence electrons. The van der Waals surface area contributed by atoms with E-state index in [0.29, 0.717) is 19.3 Å². The standard InChI is InChI=1S/C56H105NO5/c1-4-7-10-13-16-19-21-23-25-27-29-31-33-36-38-41-44-47-52(50-55(60)57-53(51-58)54(59)48-45-42-39-35-18-15-12-9-6-3)62-56(61)49-46-43-40-37-34-32-30-28-26-24-22-20-17-14-11-8-5-2/h16,19,23-26,52-54,58-59H,4-15,17-18,20-22,27-51H2,1-3H3,(H,57,60)/b19-16-,25-23-,26-24+. The van der Waals surface area contributed by atoms with Crippen LogP contribution in [-0.2, 0) is 14.3 Å². The molecule has 62 heavy (non-hydrogen) atoms. The molecule has 3 atom stereocenters. The highest BCUT2D eigenvalue weighted by Gasteiger charge is 2.24. The number of carbonyl (C=O) groups excluding carboxylic acids is 2. The highest BCUT2D eigenvalue weighted by Crippen LogP contribution is 2.18. The van der Waals surface area contributed by atoms with E-state index in [0.717, 1.165) is 70.6 Å². The Morgan fingerprint density at radius 2 is 0.823 bits per heavy atom. The van der Waals surface area contributed by atoms with Gasteiger partial charge in [0.2, 0.25) is 5.91 Å². The first-order chi connectivity index (χ1) is 30.5. The summed E-state index contributed by atoms with van der Waals surface area (Å²) >= 11 is 0. The Morgan fingerprint density at radius 3 is 1.27 bits per heavy atom. The van der Waals surface area contributed by atoms with Crippen LogP contribution in [0.3, 0.4) is 0 Å². The van der Waals surface area contributed by atoms with Gasteiger partial charge in [-0.15, -0.1) is 0 Å². The van der Waals surface area contributed by atoms with Gasteiger partial charge in [0.05, 0.1) is 25.2 Å². The van der Waals surface area contributed by atoms with Crippen molar-refractivity contribution in [3.63, 3.8) is 0 Å². The zero-order valence-electron chi connectivity index (χ0n) is 41.5. The van der Waals surface area contributed by atoms with Crippen LogP contribution in [0.5, 0.6) is 0 Å². The van der Waals surface area contributed by atoms with Gasteiger partial charge < -0.3 is 20.3 Å². The van der Waals surface area contributed by atoms with Crippen LogP contribution in [0.15, 0.2) is 36.5 Å². The Kier molecular flexibility index (Phi) is 48.5. The number of aliphatic hydroxyl groups is 2. The Hall–Kier alpha value is -1.92. The van der Waals surface area contributed by atoms with Crippen molar-refractivity contribution in [2.75, 3.05) is 6.61 Å². The van der Waals surface area contributed by atoms with Crippen LogP contribution in [0.1, 0.15) is 284 Å². The topological polar surface area (TPSA) is 95.9 Å². The molecule has 0 aliphatic carbocycles. The molecular weight excluding hydrogens is 767 g/mol. The summed E-state index contributed by atoms with van der Waals surface area (Å²) < 4.78 is 5.95. The van der Waals surface area contributed by atoms with E-state index in [1.54, 1.807) is 0 Å². The van der Waals surface area contributed by atoms with Gasteiger partial charge in [-0.2, -0.15) is 0 Å². The van der Waals surface area contributed by atoms with E-state index in [1.807, 2.05) is 0 Å². The highest BCUT2D eigenvalue weighted by atomic mass is 16.5. The number of allylic oxidation sites excluding steroid dienone is 6. The average molecular weight is 872 g/mol.